The minimum atomic E-state index is -0.350. The first-order chi connectivity index (χ1) is 8.19. The molecule has 0 fully saturated rings. The maximum Gasteiger partial charge on any atom is 0.330 e. The highest BCUT2D eigenvalue weighted by molar-refractivity contribution is 5.88. The van der Waals surface area contributed by atoms with Gasteiger partial charge in [0, 0.05) is 6.08 Å². The number of ether oxygens (including phenoxy) is 1. The van der Waals surface area contributed by atoms with E-state index in [2.05, 4.69) is 9.97 Å². The Labute approximate surface area is 98.3 Å². The number of hydrogen-bond donors (Lipinski definition) is 2. The van der Waals surface area contributed by atoms with E-state index >= 15 is 0 Å². The van der Waals surface area contributed by atoms with Crippen molar-refractivity contribution in [3.8, 4) is 0 Å². The molecule has 3 N–H and O–H groups in total. The number of carbonyl (C=O) groups is 1. The Balaban J connectivity index is 2.21. The molecule has 0 unspecified atom stereocenters. The Morgan fingerprint density at radius 3 is 3.18 bits per heavy atom. The van der Waals surface area contributed by atoms with Gasteiger partial charge in [0.2, 0.25) is 0 Å². The fourth-order valence-electron chi connectivity index (χ4n) is 1.51. The van der Waals surface area contributed by atoms with Crippen LogP contribution in [-0.4, -0.2) is 22.5 Å². The van der Waals surface area contributed by atoms with Gasteiger partial charge in [0.05, 0.1) is 17.6 Å². The van der Waals surface area contributed by atoms with Crippen LogP contribution in [0.2, 0.25) is 0 Å². The van der Waals surface area contributed by atoms with Gasteiger partial charge >= 0.3 is 5.97 Å². The summed E-state index contributed by atoms with van der Waals surface area (Å²) in [5.74, 6) is 0.0308. The molecule has 0 amide bonds. The average Bonchev–Trinajstić information content (AvgIpc) is 2.66. The number of nitrogen functional groups attached to an aromatic ring is 1. The number of nitrogens with two attached hydrogens (primary N) is 1. The third kappa shape index (κ3) is 2.63. The first-order valence-corrected chi connectivity index (χ1v) is 5.29. The van der Waals surface area contributed by atoms with Crippen LogP contribution in [0.1, 0.15) is 12.5 Å². The molecule has 1 heterocycles. The van der Waals surface area contributed by atoms with Crippen molar-refractivity contribution in [2.75, 3.05) is 12.3 Å². The summed E-state index contributed by atoms with van der Waals surface area (Å²) in [6.45, 7) is 2.14. The van der Waals surface area contributed by atoms with Gasteiger partial charge in [0.25, 0.3) is 0 Å². The Hall–Kier alpha value is -2.30. The van der Waals surface area contributed by atoms with Gasteiger partial charge in [-0.2, -0.15) is 0 Å². The number of hydrogen-bond acceptors (Lipinski definition) is 4. The number of benzene rings is 1. The van der Waals surface area contributed by atoms with E-state index in [4.69, 9.17) is 10.5 Å². The molecule has 0 saturated heterocycles. The third-order valence-electron chi connectivity index (χ3n) is 2.22. The van der Waals surface area contributed by atoms with Gasteiger partial charge in [0.1, 0.15) is 0 Å². The van der Waals surface area contributed by atoms with E-state index in [-0.39, 0.29) is 5.97 Å². The second kappa shape index (κ2) is 4.69. The molecule has 1 aromatic heterocycles. The Bertz CT molecular complexity index is 572. The van der Waals surface area contributed by atoms with E-state index in [1.165, 1.54) is 6.08 Å². The van der Waals surface area contributed by atoms with Crippen molar-refractivity contribution in [2.45, 2.75) is 6.92 Å². The second-order valence-electron chi connectivity index (χ2n) is 3.48. The number of rotatable bonds is 3. The number of aromatic amines is 1. The van der Waals surface area contributed by atoms with Gasteiger partial charge in [-0.25, -0.2) is 9.78 Å². The number of H-pyrrole nitrogens is 1. The topological polar surface area (TPSA) is 81.0 Å². The predicted octanol–water partition coefficient (Wildman–Crippen LogP) is 1.72. The van der Waals surface area contributed by atoms with Crippen molar-refractivity contribution in [3.63, 3.8) is 0 Å². The summed E-state index contributed by atoms with van der Waals surface area (Å²) in [4.78, 5) is 18.1. The van der Waals surface area contributed by atoms with Gasteiger partial charge in [-0.3, -0.25) is 0 Å². The molecule has 17 heavy (non-hydrogen) atoms. The minimum absolute atomic E-state index is 0.350. The van der Waals surface area contributed by atoms with E-state index in [1.807, 2.05) is 18.2 Å². The number of esters is 1. The quantitative estimate of drug-likeness (QED) is 0.622. The number of aromatic nitrogens is 2. The van der Waals surface area contributed by atoms with Crippen molar-refractivity contribution >= 4 is 29.0 Å². The van der Waals surface area contributed by atoms with Gasteiger partial charge in [0.15, 0.2) is 5.95 Å². The van der Waals surface area contributed by atoms with Gasteiger partial charge < -0.3 is 15.5 Å². The van der Waals surface area contributed by atoms with E-state index in [1.54, 1.807) is 13.0 Å². The van der Waals surface area contributed by atoms with Crippen LogP contribution in [-0.2, 0) is 9.53 Å². The molecule has 5 nitrogen and oxygen atoms in total. The molecule has 2 rings (SSSR count). The first kappa shape index (κ1) is 11.2. The predicted molar refractivity (Wildman–Crippen MR) is 66.2 cm³/mol. The first-order valence-electron chi connectivity index (χ1n) is 5.29. The molecule has 0 aliphatic carbocycles. The molecule has 0 bridgehead atoms. The van der Waals surface area contributed by atoms with E-state index in [9.17, 15) is 4.79 Å². The molecular weight excluding hydrogens is 218 g/mol. The number of imidazole rings is 1. The maximum atomic E-state index is 11.1. The van der Waals surface area contributed by atoms with Gasteiger partial charge in [-0.15, -0.1) is 0 Å². The zero-order valence-corrected chi connectivity index (χ0v) is 9.43. The smallest absolute Gasteiger partial charge is 0.330 e. The molecule has 0 radical (unpaired) electrons. The molecule has 0 atom stereocenters. The summed E-state index contributed by atoms with van der Waals surface area (Å²) in [7, 11) is 0. The lowest BCUT2D eigenvalue weighted by atomic mass is 10.2. The lowest BCUT2D eigenvalue weighted by Crippen LogP contribution is -1.98. The zero-order chi connectivity index (χ0) is 12.3. The summed E-state index contributed by atoms with van der Waals surface area (Å²) < 4.78 is 4.79. The monoisotopic (exact) mass is 231 g/mol. The van der Waals surface area contributed by atoms with Crippen LogP contribution in [0.3, 0.4) is 0 Å². The normalized spacial score (nSPS) is 11.1. The third-order valence-corrected chi connectivity index (χ3v) is 2.22. The number of nitrogens with zero attached hydrogens (tertiary/aromatic N) is 1. The minimum Gasteiger partial charge on any atom is -0.463 e. The largest absolute Gasteiger partial charge is 0.463 e. The van der Waals surface area contributed by atoms with Crippen molar-refractivity contribution in [1.82, 2.24) is 9.97 Å². The van der Waals surface area contributed by atoms with Crippen LogP contribution in [0, 0.1) is 0 Å². The lowest BCUT2D eigenvalue weighted by Gasteiger charge is -1.95. The second-order valence-corrected chi connectivity index (χ2v) is 3.48. The highest BCUT2D eigenvalue weighted by atomic mass is 16.5. The lowest BCUT2D eigenvalue weighted by molar-refractivity contribution is -0.137. The Kier molecular flexibility index (Phi) is 3.09. The highest BCUT2D eigenvalue weighted by Crippen LogP contribution is 2.15. The van der Waals surface area contributed by atoms with Crippen molar-refractivity contribution in [2.24, 2.45) is 0 Å². The molecule has 0 aliphatic heterocycles. The van der Waals surface area contributed by atoms with Gasteiger partial charge in [-0.1, -0.05) is 6.07 Å². The summed E-state index contributed by atoms with van der Waals surface area (Å²) in [5, 5.41) is 0. The average molecular weight is 231 g/mol. The molecule has 88 valence electrons. The molecule has 0 saturated carbocycles. The molecule has 5 heteroatoms. The number of fused-ring (bicyclic) bond motifs is 1. The van der Waals surface area contributed by atoms with Crippen LogP contribution in [0.25, 0.3) is 17.1 Å². The Morgan fingerprint density at radius 2 is 2.41 bits per heavy atom. The summed E-state index contributed by atoms with van der Waals surface area (Å²) in [6, 6.07) is 5.57. The van der Waals surface area contributed by atoms with E-state index in [0.717, 1.165) is 16.6 Å². The maximum absolute atomic E-state index is 11.1. The SMILES string of the molecule is CCOC(=O)C=Cc1ccc2nc(N)[nH]c2c1. The molecule has 2 aromatic rings. The number of nitrogens with one attached hydrogen (secondary N) is 1. The van der Waals surface area contributed by atoms with Crippen LogP contribution < -0.4 is 5.73 Å². The molecule has 1 aromatic carbocycles. The van der Waals surface area contributed by atoms with Crippen molar-refractivity contribution in [1.29, 1.82) is 0 Å². The summed E-state index contributed by atoms with van der Waals surface area (Å²) in [5.41, 5.74) is 8.07. The Morgan fingerprint density at radius 1 is 1.59 bits per heavy atom. The van der Waals surface area contributed by atoms with Crippen LogP contribution in [0.4, 0.5) is 5.95 Å². The zero-order valence-electron chi connectivity index (χ0n) is 9.43. The van der Waals surface area contributed by atoms with Crippen LogP contribution in [0.5, 0.6) is 0 Å². The van der Waals surface area contributed by atoms with E-state index < -0.39 is 0 Å². The number of carbonyl (C=O) groups excluding carboxylic acids is 1. The fraction of sp³-hybridized carbons (Fsp3) is 0.167. The van der Waals surface area contributed by atoms with Gasteiger partial charge in [-0.05, 0) is 30.7 Å². The molecular formula is C12H13N3O2. The van der Waals surface area contributed by atoms with Crippen molar-refractivity contribution in [3.05, 3.63) is 29.8 Å². The standard InChI is InChI=1S/C12H13N3O2/c1-2-17-11(16)6-4-8-3-5-9-10(7-8)15-12(13)14-9/h3-7H,2H2,1H3,(H3,13,14,15). The summed E-state index contributed by atoms with van der Waals surface area (Å²) in [6.07, 6.45) is 3.08. The fourth-order valence-corrected chi connectivity index (χ4v) is 1.51. The van der Waals surface area contributed by atoms with Crippen LogP contribution >= 0.6 is 0 Å². The van der Waals surface area contributed by atoms with Crippen LogP contribution in [0.15, 0.2) is 24.3 Å². The molecule has 0 spiro atoms. The molecule has 0 aliphatic rings. The summed E-state index contributed by atoms with van der Waals surface area (Å²) >= 11 is 0. The highest BCUT2D eigenvalue weighted by Gasteiger charge is 2.00. The number of anilines is 1. The van der Waals surface area contributed by atoms with Crippen molar-refractivity contribution < 1.29 is 9.53 Å². The van der Waals surface area contributed by atoms with E-state index in [0.29, 0.717) is 12.6 Å².